The Morgan fingerprint density at radius 3 is 2.31 bits per heavy atom. The predicted molar refractivity (Wildman–Crippen MR) is 108 cm³/mol. The highest BCUT2D eigenvalue weighted by molar-refractivity contribution is 7.89. The van der Waals surface area contributed by atoms with Crippen LogP contribution in [0.2, 0.25) is 0 Å². The average molecular weight is 420 g/mol. The molecule has 0 spiro atoms. The number of sulfonamides is 1. The maximum atomic E-state index is 12.8. The molecule has 0 saturated carbocycles. The number of amides is 1. The maximum absolute atomic E-state index is 12.8. The van der Waals surface area contributed by atoms with Crippen LogP contribution in [-0.4, -0.2) is 52.5 Å². The molecule has 1 aliphatic heterocycles. The second-order valence-electron chi connectivity index (χ2n) is 6.46. The summed E-state index contributed by atoms with van der Waals surface area (Å²) in [5.41, 5.74) is 0.265. The van der Waals surface area contributed by atoms with E-state index in [0.29, 0.717) is 30.3 Å². The van der Waals surface area contributed by atoms with Gasteiger partial charge in [0.05, 0.1) is 24.8 Å². The van der Waals surface area contributed by atoms with Crippen molar-refractivity contribution in [3.63, 3.8) is 0 Å². The summed E-state index contributed by atoms with van der Waals surface area (Å²) in [4.78, 5) is 12.5. The number of anilines is 1. The third kappa shape index (κ3) is 4.80. The normalized spacial score (nSPS) is 14.4. The van der Waals surface area contributed by atoms with E-state index in [1.165, 1.54) is 36.7 Å². The SMILES string of the molecule is COc1ccc(S(=O)(=O)N2CCCC2)cc1NC(=O)COc1ccccc1OC. The highest BCUT2D eigenvalue weighted by Crippen LogP contribution is 2.30. The lowest BCUT2D eigenvalue weighted by atomic mass is 10.3. The van der Waals surface area contributed by atoms with E-state index in [2.05, 4.69) is 5.32 Å². The Bertz CT molecular complexity index is 971. The second-order valence-corrected chi connectivity index (χ2v) is 8.40. The fraction of sp³-hybridized carbons (Fsp3) is 0.350. The van der Waals surface area contributed by atoms with Crippen LogP contribution in [0.25, 0.3) is 0 Å². The van der Waals surface area contributed by atoms with Gasteiger partial charge < -0.3 is 19.5 Å². The summed E-state index contributed by atoms with van der Waals surface area (Å²) in [5.74, 6) is 0.847. The van der Waals surface area contributed by atoms with Gasteiger partial charge in [0.15, 0.2) is 18.1 Å². The molecular weight excluding hydrogens is 396 g/mol. The summed E-state index contributed by atoms with van der Waals surface area (Å²) < 4.78 is 43.0. The largest absolute Gasteiger partial charge is 0.495 e. The van der Waals surface area contributed by atoms with Gasteiger partial charge in [0.25, 0.3) is 5.91 Å². The standard InChI is InChI=1S/C20H24N2O6S/c1-26-17-10-9-15(29(24,25)22-11-5-6-12-22)13-16(17)21-20(23)14-28-19-8-4-3-7-18(19)27-2/h3-4,7-10,13H,5-6,11-12,14H2,1-2H3,(H,21,23). The Kier molecular flexibility index (Phi) is 6.60. The molecule has 0 unspecified atom stereocenters. The highest BCUT2D eigenvalue weighted by atomic mass is 32.2. The van der Waals surface area contributed by atoms with Gasteiger partial charge >= 0.3 is 0 Å². The van der Waals surface area contributed by atoms with Crippen molar-refractivity contribution >= 4 is 21.6 Å². The number of para-hydroxylation sites is 2. The van der Waals surface area contributed by atoms with Gasteiger partial charge in [-0.25, -0.2) is 8.42 Å². The summed E-state index contributed by atoms with van der Waals surface area (Å²) >= 11 is 0. The molecular formula is C20H24N2O6S. The van der Waals surface area contributed by atoms with Crippen LogP contribution in [0, 0.1) is 0 Å². The number of carbonyl (C=O) groups excluding carboxylic acids is 1. The molecule has 1 heterocycles. The molecule has 2 aromatic rings. The summed E-state index contributed by atoms with van der Waals surface area (Å²) in [6, 6.07) is 11.4. The van der Waals surface area contributed by atoms with Crippen LogP contribution >= 0.6 is 0 Å². The van der Waals surface area contributed by atoms with Crippen LogP contribution in [0.1, 0.15) is 12.8 Å². The fourth-order valence-electron chi connectivity index (χ4n) is 3.09. The molecule has 156 valence electrons. The lowest BCUT2D eigenvalue weighted by Crippen LogP contribution is -2.28. The lowest BCUT2D eigenvalue weighted by Gasteiger charge is -2.17. The smallest absolute Gasteiger partial charge is 0.262 e. The first kappa shape index (κ1) is 20.9. The third-order valence-corrected chi connectivity index (χ3v) is 6.47. The van der Waals surface area contributed by atoms with Crippen molar-refractivity contribution < 1.29 is 27.4 Å². The molecule has 0 aromatic heterocycles. The number of hydrogen-bond donors (Lipinski definition) is 1. The van der Waals surface area contributed by atoms with E-state index in [0.717, 1.165) is 12.8 Å². The number of rotatable bonds is 8. The average Bonchev–Trinajstić information content (AvgIpc) is 3.28. The molecule has 3 rings (SSSR count). The number of methoxy groups -OCH3 is 2. The van der Waals surface area contributed by atoms with E-state index >= 15 is 0 Å². The van der Waals surface area contributed by atoms with Gasteiger partial charge in [-0.2, -0.15) is 4.31 Å². The third-order valence-electron chi connectivity index (χ3n) is 4.58. The van der Waals surface area contributed by atoms with Crippen molar-refractivity contribution in [1.29, 1.82) is 0 Å². The van der Waals surface area contributed by atoms with E-state index in [1.807, 2.05) is 0 Å². The molecule has 9 heteroatoms. The molecule has 0 aliphatic carbocycles. The Balaban J connectivity index is 1.74. The molecule has 29 heavy (non-hydrogen) atoms. The molecule has 1 amide bonds. The molecule has 1 N–H and O–H groups in total. The van der Waals surface area contributed by atoms with Crippen molar-refractivity contribution in [3.8, 4) is 17.2 Å². The van der Waals surface area contributed by atoms with Crippen LogP contribution in [0.4, 0.5) is 5.69 Å². The summed E-state index contributed by atoms with van der Waals surface area (Å²) in [6.07, 6.45) is 1.69. The van der Waals surface area contributed by atoms with Crippen LogP contribution in [0.3, 0.4) is 0 Å². The second kappa shape index (κ2) is 9.15. The van der Waals surface area contributed by atoms with Gasteiger partial charge in [-0.1, -0.05) is 12.1 Å². The molecule has 0 radical (unpaired) electrons. The molecule has 1 fully saturated rings. The van der Waals surface area contributed by atoms with Gasteiger partial charge in [0, 0.05) is 13.1 Å². The van der Waals surface area contributed by atoms with E-state index in [4.69, 9.17) is 14.2 Å². The number of nitrogens with one attached hydrogen (secondary N) is 1. The summed E-state index contributed by atoms with van der Waals surface area (Å²) in [5, 5.41) is 2.66. The first-order valence-corrected chi connectivity index (χ1v) is 10.6. The lowest BCUT2D eigenvalue weighted by molar-refractivity contribution is -0.118. The monoisotopic (exact) mass is 420 g/mol. The number of ether oxygens (including phenoxy) is 3. The zero-order chi connectivity index (χ0) is 20.9. The van der Waals surface area contributed by atoms with E-state index in [1.54, 1.807) is 24.3 Å². The first-order valence-electron chi connectivity index (χ1n) is 9.19. The molecule has 1 aliphatic rings. The quantitative estimate of drug-likeness (QED) is 0.705. The van der Waals surface area contributed by atoms with E-state index in [-0.39, 0.29) is 17.2 Å². The Hall–Kier alpha value is -2.78. The number of carbonyl (C=O) groups is 1. The van der Waals surface area contributed by atoms with Gasteiger partial charge in [-0.3, -0.25) is 4.79 Å². The van der Waals surface area contributed by atoms with Crippen molar-refractivity contribution in [2.75, 3.05) is 39.2 Å². The van der Waals surface area contributed by atoms with Crippen molar-refractivity contribution in [1.82, 2.24) is 4.31 Å². The van der Waals surface area contributed by atoms with Crippen LogP contribution < -0.4 is 19.5 Å². The zero-order valence-corrected chi connectivity index (χ0v) is 17.2. The zero-order valence-electron chi connectivity index (χ0n) is 16.4. The van der Waals surface area contributed by atoms with E-state index in [9.17, 15) is 13.2 Å². The number of hydrogen-bond acceptors (Lipinski definition) is 6. The predicted octanol–water partition coefficient (Wildman–Crippen LogP) is 2.51. The molecule has 2 aromatic carbocycles. The van der Waals surface area contributed by atoms with Crippen molar-refractivity contribution in [2.45, 2.75) is 17.7 Å². The van der Waals surface area contributed by atoms with Crippen LogP contribution in [-0.2, 0) is 14.8 Å². The fourth-order valence-corrected chi connectivity index (χ4v) is 4.63. The Morgan fingerprint density at radius 1 is 1.00 bits per heavy atom. The minimum absolute atomic E-state index is 0.112. The Morgan fingerprint density at radius 2 is 1.66 bits per heavy atom. The van der Waals surface area contributed by atoms with Gasteiger partial charge in [0.1, 0.15) is 5.75 Å². The van der Waals surface area contributed by atoms with Crippen molar-refractivity contribution in [3.05, 3.63) is 42.5 Å². The van der Waals surface area contributed by atoms with E-state index < -0.39 is 15.9 Å². The first-order chi connectivity index (χ1) is 14.0. The summed E-state index contributed by atoms with van der Waals surface area (Å²) in [7, 11) is -0.645. The minimum Gasteiger partial charge on any atom is -0.495 e. The van der Waals surface area contributed by atoms with Crippen LogP contribution in [0.5, 0.6) is 17.2 Å². The molecule has 1 saturated heterocycles. The molecule has 0 atom stereocenters. The highest BCUT2D eigenvalue weighted by Gasteiger charge is 2.28. The van der Waals surface area contributed by atoms with Gasteiger partial charge in [-0.15, -0.1) is 0 Å². The van der Waals surface area contributed by atoms with Crippen LogP contribution in [0.15, 0.2) is 47.4 Å². The summed E-state index contributed by atoms with van der Waals surface area (Å²) in [6.45, 7) is 0.734. The van der Waals surface area contributed by atoms with Gasteiger partial charge in [0.2, 0.25) is 10.0 Å². The molecule has 0 bridgehead atoms. The number of benzene rings is 2. The van der Waals surface area contributed by atoms with Gasteiger partial charge in [-0.05, 0) is 43.2 Å². The maximum Gasteiger partial charge on any atom is 0.262 e. The van der Waals surface area contributed by atoms with Crippen molar-refractivity contribution in [2.24, 2.45) is 0 Å². The Labute approximate surface area is 170 Å². The molecule has 8 nitrogen and oxygen atoms in total. The minimum atomic E-state index is -3.61. The topological polar surface area (TPSA) is 94.2 Å². The number of nitrogens with zero attached hydrogens (tertiary/aromatic N) is 1.